The Morgan fingerprint density at radius 1 is 1.42 bits per heavy atom. The molecule has 1 aliphatic heterocycles. The average molecular weight is 266 g/mol. The molecule has 1 amide bonds. The molecule has 19 heavy (non-hydrogen) atoms. The average Bonchev–Trinajstić information content (AvgIpc) is 2.40. The van der Waals surface area contributed by atoms with E-state index in [1.807, 2.05) is 18.9 Å². The smallest absolute Gasteiger partial charge is 0.244 e. The minimum atomic E-state index is -0.395. The molecule has 2 atom stereocenters. The zero-order chi connectivity index (χ0) is 14.0. The summed E-state index contributed by atoms with van der Waals surface area (Å²) in [5.74, 6) is -0.546. The number of nitrogens with zero attached hydrogens (tertiary/aromatic N) is 2. The fourth-order valence-corrected chi connectivity index (χ4v) is 2.48. The molecule has 0 aliphatic carbocycles. The number of aliphatic hydroxyl groups excluding tert-OH is 1. The van der Waals surface area contributed by atoms with Gasteiger partial charge in [0.1, 0.15) is 5.82 Å². The van der Waals surface area contributed by atoms with Gasteiger partial charge in [-0.05, 0) is 32.5 Å². The van der Waals surface area contributed by atoms with Gasteiger partial charge in [-0.25, -0.2) is 4.39 Å². The maximum atomic E-state index is 13.8. The SMILES string of the molecule is CC1CN(c2ccccc2F)C(=O)C(CCO)N1C. The van der Waals surface area contributed by atoms with Crippen LogP contribution in [-0.2, 0) is 4.79 Å². The molecule has 1 heterocycles. The largest absolute Gasteiger partial charge is 0.396 e. The van der Waals surface area contributed by atoms with Crippen LogP contribution in [0.15, 0.2) is 24.3 Å². The number of halogens is 1. The first-order valence-electron chi connectivity index (χ1n) is 6.45. The quantitative estimate of drug-likeness (QED) is 0.895. The number of amides is 1. The van der Waals surface area contributed by atoms with E-state index in [0.29, 0.717) is 18.7 Å². The molecule has 0 saturated carbocycles. The van der Waals surface area contributed by atoms with Crippen molar-refractivity contribution in [3.05, 3.63) is 30.1 Å². The Hall–Kier alpha value is -1.46. The first kappa shape index (κ1) is 14.0. The van der Waals surface area contributed by atoms with Gasteiger partial charge in [0.2, 0.25) is 5.91 Å². The van der Waals surface area contributed by atoms with Gasteiger partial charge in [0, 0.05) is 19.2 Å². The van der Waals surface area contributed by atoms with Crippen LogP contribution in [-0.4, -0.2) is 48.2 Å². The summed E-state index contributed by atoms with van der Waals surface area (Å²) in [5, 5.41) is 9.08. The molecule has 0 aromatic heterocycles. The Labute approximate surface area is 112 Å². The van der Waals surface area contributed by atoms with Crippen molar-refractivity contribution >= 4 is 11.6 Å². The van der Waals surface area contributed by atoms with Crippen molar-refractivity contribution < 1.29 is 14.3 Å². The minimum Gasteiger partial charge on any atom is -0.396 e. The Kier molecular flexibility index (Phi) is 4.17. The molecular formula is C14H19FN2O2. The summed E-state index contributed by atoms with van der Waals surface area (Å²) in [6.07, 6.45) is 0.366. The van der Waals surface area contributed by atoms with Gasteiger partial charge in [-0.15, -0.1) is 0 Å². The van der Waals surface area contributed by atoms with E-state index < -0.39 is 11.9 Å². The number of carbonyl (C=O) groups excluding carboxylic acids is 1. The molecule has 1 aromatic carbocycles. The Balaban J connectivity index is 2.31. The number of anilines is 1. The lowest BCUT2D eigenvalue weighted by Gasteiger charge is -2.43. The second kappa shape index (κ2) is 5.67. The highest BCUT2D eigenvalue weighted by Gasteiger charge is 2.37. The second-order valence-electron chi connectivity index (χ2n) is 4.94. The number of likely N-dealkylation sites (N-methyl/N-ethyl adjacent to an activating group) is 1. The lowest BCUT2D eigenvalue weighted by atomic mass is 10.0. The minimum absolute atomic E-state index is 0.0570. The first-order chi connectivity index (χ1) is 9.06. The van der Waals surface area contributed by atoms with E-state index >= 15 is 0 Å². The van der Waals surface area contributed by atoms with Gasteiger partial charge < -0.3 is 10.0 Å². The standard InChI is InChI=1S/C14H19FN2O2/c1-10-9-17(12-6-4-3-5-11(12)15)14(19)13(7-8-18)16(10)2/h3-6,10,13,18H,7-9H2,1-2H3. The van der Waals surface area contributed by atoms with Crippen LogP contribution in [0.1, 0.15) is 13.3 Å². The molecule has 5 heteroatoms. The van der Waals surface area contributed by atoms with Crippen molar-refractivity contribution in [3.8, 4) is 0 Å². The number of rotatable bonds is 3. The van der Waals surface area contributed by atoms with Crippen LogP contribution in [0, 0.1) is 5.82 Å². The van der Waals surface area contributed by atoms with E-state index in [1.54, 1.807) is 18.2 Å². The summed E-state index contributed by atoms with van der Waals surface area (Å²) in [5.41, 5.74) is 0.315. The Morgan fingerprint density at radius 2 is 2.11 bits per heavy atom. The molecule has 2 unspecified atom stereocenters. The lowest BCUT2D eigenvalue weighted by molar-refractivity contribution is -0.127. The Morgan fingerprint density at radius 3 is 2.74 bits per heavy atom. The molecule has 1 aliphatic rings. The second-order valence-corrected chi connectivity index (χ2v) is 4.94. The highest BCUT2D eigenvalue weighted by molar-refractivity contribution is 5.98. The fourth-order valence-electron chi connectivity index (χ4n) is 2.48. The number of aliphatic hydroxyl groups is 1. The van der Waals surface area contributed by atoms with Crippen molar-refractivity contribution in [2.45, 2.75) is 25.4 Å². The van der Waals surface area contributed by atoms with Crippen LogP contribution in [0.4, 0.5) is 10.1 Å². The lowest BCUT2D eigenvalue weighted by Crippen LogP contribution is -2.60. The van der Waals surface area contributed by atoms with Gasteiger partial charge in [-0.1, -0.05) is 12.1 Å². The van der Waals surface area contributed by atoms with Gasteiger partial charge in [-0.3, -0.25) is 9.69 Å². The predicted molar refractivity (Wildman–Crippen MR) is 71.5 cm³/mol. The van der Waals surface area contributed by atoms with Crippen LogP contribution in [0.2, 0.25) is 0 Å². The van der Waals surface area contributed by atoms with E-state index in [0.717, 1.165) is 0 Å². The number of hydrogen-bond donors (Lipinski definition) is 1. The summed E-state index contributed by atoms with van der Waals surface area (Å²) < 4.78 is 13.8. The van der Waals surface area contributed by atoms with Crippen molar-refractivity contribution in [3.63, 3.8) is 0 Å². The van der Waals surface area contributed by atoms with Gasteiger partial charge in [0.05, 0.1) is 11.7 Å². The normalized spacial score (nSPS) is 24.8. The zero-order valence-corrected chi connectivity index (χ0v) is 11.2. The molecule has 1 N–H and O–H groups in total. The predicted octanol–water partition coefficient (Wildman–Crippen LogP) is 1.24. The first-order valence-corrected chi connectivity index (χ1v) is 6.45. The summed E-state index contributed by atoms with van der Waals surface area (Å²) >= 11 is 0. The van der Waals surface area contributed by atoms with Crippen LogP contribution in [0.5, 0.6) is 0 Å². The monoisotopic (exact) mass is 266 g/mol. The van der Waals surface area contributed by atoms with E-state index in [-0.39, 0.29) is 18.6 Å². The van der Waals surface area contributed by atoms with Gasteiger partial charge in [-0.2, -0.15) is 0 Å². The van der Waals surface area contributed by atoms with Gasteiger partial charge in [0.15, 0.2) is 0 Å². The molecule has 1 aromatic rings. The van der Waals surface area contributed by atoms with E-state index in [4.69, 9.17) is 5.11 Å². The molecular weight excluding hydrogens is 247 g/mol. The third-order valence-electron chi connectivity index (χ3n) is 3.73. The zero-order valence-electron chi connectivity index (χ0n) is 11.2. The van der Waals surface area contributed by atoms with E-state index in [1.165, 1.54) is 11.0 Å². The molecule has 4 nitrogen and oxygen atoms in total. The number of piperazine rings is 1. The van der Waals surface area contributed by atoms with Crippen LogP contribution in [0.25, 0.3) is 0 Å². The number of carbonyl (C=O) groups is 1. The van der Waals surface area contributed by atoms with E-state index in [9.17, 15) is 9.18 Å². The molecule has 0 radical (unpaired) electrons. The Bertz CT molecular complexity index is 467. The fraction of sp³-hybridized carbons (Fsp3) is 0.500. The highest BCUT2D eigenvalue weighted by atomic mass is 19.1. The van der Waals surface area contributed by atoms with Crippen LogP contribution in [0.3, 0.4) is 0 Å². The molecule has 2 rings (SSSR count). The van der Waals surface area contributed by atoms with Crippen molar-refractivity contribution in [2.24, 2.45) is 0 Å². The number of benzene rings is 1. The third kappa shape index (κ3) is 2.62. The summed E-state index contributed by atoms with van der Waals surface area (Å²) in [6.45, 7) is 2.39. The van der Waals surface area contributed by atoms with Crippen LogP contribution >= 0.6 is 0 Å². The van der Waals surface area contributed by atoms with Gasteiger partial charge >= 0.3 is 0 Å². The van der Waals surface area contributed by atoms with Crippen molar-refractivity contribution in [1.82, 2.24) is 4.90 Å². The summed E-state index contributed by atoms with van der Waals surface area (Å²) in [7, 11) is 1.86. The molecule has 1 fully saturated rings. The summed E-state index contributed by atoms with van der Waals surface area (Å²) in [4.78, 5) is 15.9. The number of para-hydroxylation sites is 1. The molecule has 1 saturated heterocycles. The third-order valence-corrected chi connectivity index (χ3v) is 3.73. The topological polar surface area (TPSA) is 43.8 Å². The summed E-state index contributed by atoms with van der Waals surface area (Å²) in [6, 6.07) is 6.01. The van der Waals surface area contributed by atoms with Crippen molar-refractivity contribution in [1.29, 1.82) is 0 Å². The maximum Gasteiger partial charge on any atom is 0.244 e. The molecule has 104 valence electrons. The van der Waals surface area contributed by atoms with Crippen LogP contribution < -0.4 is 4.90 Å². The number of hydrogen-bond acceptors (Lipinski definition) is 3. The van der Waals surface area contributed by atoms with E-state index in [2.05, 4.69) is 0 Å². The van der Waals surface area contributed by atoms with Crippen molar-refractivity contribution in [2.75, 3.05) is 25.1 Å². The highest BCUT2D eigenvalue weighted by Crippen LogP contribution is 2.26. The van der Waals surface area contributed by atoms with Gasteiger partial charge in [0.25, 0.3) is 0 Å². The molecule has 0 spiro atoms. The maximum absolute atomic E-state index is 13.8. The molecule has 0 bridgehead atoms.